The van der Waals surface area contributed by atoms with Gasteiger partial charge in [0.15, 0.2) is 6.61 Å². The van der Waals surface area contributed by atoms with E-state index in [1.165, 1.54) is 31.0 Å². The summed E-state index contributed by atoms with van der Waals surface area (Å²) < 4.78 is 5.12. The summed E-state index contributed by atoms with van der Waals surface area (Å²) in [5, 5.41) is 2.68. The van der Waals surface area contributed by atoms with E-state index >= 15 is 0 Å². The highest BCUT2D eigenvalue weighted by molar-refractivity contribution is 8.00. The summed E-state index contributed by atoms with van der Waals surface area (Å²) in [5.74, 6) is -0.560. The number of hydrogen-bond donors (Lipinski definition) is 1. The van der Waals surface area contributed by atoms with Gasteiger partial charge >= 0.3 is 5.97 Å². The first-order chi connectivity index (χ1) is 13.4. The van der Waals surface area contributed by atoms with Crippen LogP contribution in [0, 0.1) is 0 Å². The normalized spacial score (nSPS) is 14.6. The Labute approximate surface area is 171 Å². The maximum absolute atomic E-state index is 12.6. The van der Waals surface area contributed by atoms with Crippen molar-refractivity contribution >= 4 is 29.5 Å². The van der Waals surface area contributed by atoms with Crippen molar-refractivity contribution in [3.63, 3.8) is 0 Å². The first-order valence-electron chi connectivity index (χ1n) is 9.82. The highest BCUT2D eigenvalue weighted by atomic mass is 32.2. The molecule has 0 bridgehead atoms. The second-order valence-electron chi connectivity index (χ2n) is 7.38. The van der Waals surface area contributed by atoms with Crippen LogP contribution in [-0.2, 0) is 14.3 Å². The fourth-order valence-corrected chi connectivity index (χ4v) is 4.21. The summed E-state index contributed by atoms with van der Waals surface area (Å²) in [6, 6.07) is 7.32. The Kier molecular flexibility index (Phi) is 8.83. The smallest absolute Gasteiger partial charge is 0.339 e. The number of esters is 1. The SMILES string of the molecule is CC(C)NC(=O)COC(=O)c1ccccc1SCC(=O)N(C)C1CCCCC1. The third-order valence-electron chi connectivity index (χ3n) is 4.76. The van der Waals surface area contributed by atoms with Crippen molar-refractivity contribution in [1.82, 2.24) is 10.2 Å². The highest BCUT2D eigenvalue weighted by Crippen LogP contribution is 2.26. The minimum absolute atomic E-state index is 0.0128. The molecular formula is C21H30N2O4S. The number of carbonyl (C=O) groups excluding carboxylic acids is 3. The van der Waals surface area contributed by atoms with Gasteiger partial charge in [-0.25, -0.2) is 4.79 Å². The fraction of sp³-hybridized carbons (Fsp3) is 0.571. The Hall–Kier alpha value is -2.02. The lowest BCUT2D eigenvalue weighted by Gasteiger charge is -2.31. The van der Waals surface area contributed by atoms with E-state index in [4.69, 9.17) is 4.74 Å². The van der Waals surface area contributed by atoms with Gasteiger partial charge in [-0.15, -0.1) is 11.8 Å². The average Bonchev–Trinajstić information content (AvgIpc) is 2.70. The van der Waals surface area contributed by atoms with Crippen LogP contribution < -0.4 is 5.32 Å². The van der Waals surface area contributed by atoms with Gasteiger partial charge in [-0.2, -0.15) is 0 Å². The van der Waals surface area contributed by atoms with Gasteiger partial charge in [0.05, 0.1) is 11.3 Å². The summed E-state index contributed by atoms with van der Waals surface area (Å²) in [5.41, 5.74) is 0.373. The molecule has 1 aliphatic rings. The Balaban J connectivity index is 1.91. The number of hydrogen-bond acceptors (Lipinski definition) is 5. The van der Waals surface area contributed by atoms with Crippen molar-refractivity contribution < 1.29 is 19.1 Å². The molecule has 0 aliphatic heterocycles. The summed E-state index contributed by atoms with van der Waals surface area (Å²) >= 11 is 1.33. The van der Waals surface area contributed by atoms with E-state index in [-0.39, 0.29) is 30.2 Å². The van der Waals surface area contributed by atoms with Crippen LogP contribution in [0.3, 0.4) is 0 Å². The monoisotopic (exact) mass is 406 g/mol. The molecule has 6 nitrogen and oxygen atoms in total. The summed E-state index contributed by atoms with van der Waals surface area (Å²) in [4.78, 5) is 39.1. The molecule has 0 atom stereocenters. The molecule has 0 aromatic heterocycles. The van der Waals surface area contributed by atoms with Gasteiger partial charge in [-0.3, -0.25) is 9.59 Å². The predicted octanol–water partition coefficient (Wildman–Crippen LogP) is 3.25. The zero-order chi connectivity index (χ0) is 20.5. The van der Waals surface area contributed by atoms with Gasteiger partial charge in [0.25, 0.3) is 5.91 Å². The molecule has 1 aromatic carbocycles. The average molecular weight is 407 g/mol. The molecule has 0 saturated heterocycles. The van der Waals surface area contributed by atoms with Crippen LogP contribution >= 0.6 is 11.8 Å². The molecule has 0 unspecified atom stereocenters. The number of ether oxygens (including phenoxy) is 1. The van der Waals surface area contributed by atoms with Crippen LogP contribution in [0.2, 0.25) is 0 Å². The molecule has 7 heteroatoms. The van der Waals surface area contributed by atoms with Crippen molar-refractivity contribution in [2.75, 3.05) is 19.4 Å². The molecule has 1 saturated carbocycles. The van der Waals surface area contributed by atoms with E-state index in [1.54, 1.807) is 18.2 Å². The van der Waals surface area contributed by atoms with Gasteiger partial charge in [-0.1, -0.05) is 31.4 Å². The van der Waals surface area contributed by atoms with Gasteiger partial charge in [0.1, 0.15) is 0 Å². The Morgan fingerprint density at radius 3 is 2.54 bits per heavy atom. The molecule has 2 amide bonds. The van der Waals surface area contributed by atoms with Crippen LogP contribution in [0.1, 0.15) is 56.3 Å². The molecule has 0 radical (unpaired) electrons. The largest absolute Gasteiger partial charge is 0.452 e. The van der Waals surface area contributed by atoms with Crippen molar-refractivity contribution in [3.05, 3.63) is 29.8 Å². The lowest BCUT2D eigenvalue weighted by Crippen LogP contribution is -2.39. The second-order valence-corrected chi connectivity index (χ2v) is 8.40. The van der Waals surface area contributed by atoms with Crippen LogP contribution in [0.15, 0.2) is 29.2 Å². The Bertz CT molecular complexity index is 687. The van der Waals surface area contributed by atoms with Crippen LogP contribution in [0.5, 0.6) is 0 Å². The van der Waals surface area contributed by atoms with E-state index in [9.17, 15) is 14.4 Å². The number of nitrogens with zero attached hydrogens (tertiary/aromatic N) is 1. The number of benzene rings is 1. The number of amides is 2. The Morgan fingerprint density at radius 1 is 1.18 bits per heavy atom. The number of carbonyl (C=O) groups is 3. The number of thioether (sulfide) groups is 1. The maximum atomic E-state index is 12.6. The first-order valence-corrected chi connectivity index (χ1v) is 10.8. The van der Waals surface area contributed by atoms with E-state index in [0.29, 0.717) is 16.5 Å². The zero-order valence-corrected chi connectivity index (χ0v) is 17.7. The minimum Gasteiger partial charge on any atom is -0.452 e. The van der Waals surface area contributed by atoms with Gasteiger partial charge in [0.2, 0.25) is 5.91 Å². The van der Waals surface area contributed by atoms with Crippen molar-refractivity contribution in [3.8, 4) is 0 Å². The quantitative estimate of drug-likeness (QED) is 0.530. The topological polar surface area (TPSA) is 75.7 Å². The van der Waals surface area contributed by atoms with Gasteiger partial charge < -0.3 is 15.0 Å². The number of nitrogens with one attached hydrogen (secondary N) is 1. The van der Waals surface area contributed by atoms with Crippen LogP contribution in [0.25, 0.3) is 0 Å². The van der Waals surface area contributed by atoms with Crippen LogP contribution in [0.4, 0.5) is 0 Å². The number of rotatable bonds is 8. The second kappa shape index (κ2) is 11.1. The van der Waals surface area contributed by atoms with Crippen molar-refractivity contribution in [1.29, 1.82) is 0 Å². The molecule has 1 N–H and O–H groups in total. The summed E-state index contributed by atoms with van der Waals surface area (Å²) in [7, 11) is 1.87. The van der Waals surface area contributed by atoms with Gasteiger partial charge in [0, 0.05) is 24.0 Å². The standard InChI is InChI=1S/C21H30N2O4S/c1-15(2)22-19(24)13-27-21(26)17-11-7-8-12-18(17)28-14-20(25)23(3)16-9-5-4-6-10-16/h7-8,11-12,15-16H,4-6,9-10,13-14H2,1-3H3,(H,22,24). The molecule has 1 aliphatic carbocycles. The third kappa shape index (κ3) is 6.86. The van der Waals surface area contributed by atoms with E-state index in [2.05, 4.69) is 5.32 Å². The summed E-state index contributed by atoms with van der Waals surface area (Å²) in [6.45, 7) is 3.36. The maximum Gasteiger partial charge on any atom is 0.339 e. The first kappa shape index (κ1) is 22.3. The lowest BCUT2D eigenvalue weighted by atomic mass is 9.94. The minimum atomic E-state index is -0.560. The van der Waals surface area contributed by atoms with E-state index in [0.717, 1.165) is 12.8 Å². The molecular weight excluding hydrogens is 376 g/mol. The van der Waals surface area contributed by atoms with Gasteiger partial charge in [-0.05, 0) is 38.8 Å². The molecule has 1 aromatic rings. The highest BCUT2D eigenvalue weighted by Gasteiger charge is 2.23. The molecule has 0 heterocycles. The van der Waals surface area contributed by atoms with Crippen molar-refractivity contribution in [2.45, 2.75) is 62.9 Å². The van der Waals surface area contributed by atoms with E-state index < -0.39 is 5.97 Å². The third-order valence-corrected chi connectivity index (χ3v) is 5.82. The molecule has 0 spiro atoms. The molecule has 154 valence electrons. The lowest BCUT2D eigenvalue weighted by molar-refractivity contribution is -0.129. The zero-order valence-electron chi connectivity index (χ0n) is 16.9. The molecule has 1 fully saturated rings. The van der Waals surface area contributed by atoms with Crippen LogP contribution in [-0.4, -0.2) is 54.2 Å². The molecule has 28 heavy (non-hydrogen) atoms. The predicted molar refractivity (Wildman–Crippen MR) is 110 cm³/mol. The van der Waals surface area contributed by atoms with E-state index in [1.807, 2.05) is 31.9 Å². The molecule has 2 rings (SSSR count). The Morgan fingerprint density at radius 2 is 1.86 bits per heavy atom. The fourth-order valence-electron chi connectivity index (χ4n) is 3.25. The van der Waals surface area contributed by atoms with Crippen molar-refractivity contribution in [2.24, 2.45) is 0 Å². The summed E-state index contributed by atoms with van der Waals surface area (Å²) in [6.07, 6.45) is 5.73.